The Morgan fingerprint density at radius 3 is 2.75 bits per heavy atom. The predicted octanol–water partition coefficient (Wildman–Crippen LogP) is 0.979. The standard InChI is InChI=1S/C11H14N2O3/c1-15-10-4-2-8(3-5-10)13-9(6-12)7-16-11(13)14/h2-5,9H,6-7,12H2,1H3. The number of carbonyl (C=O) groups is 1. The molecule has 0 saturated carbocycles. The maximum Gasteiger partial charge on any atom is 0.414 e. The Kier molecular flexibility index (Phi) is 2.96. The maximum absolute atomic E-state index is 11.5. The molecule has 1 aromatic rings. The van der Waals surface area contributed by atoms with Gasteiger partial charge in [0, 0.05) is 12.2 Å². The zero-order valence-corrected chi connectivity index (χ0v) is 9.05. The summed E-state index contributed by atoms with van der Waals surface area (Å²) >= 11 is 0. The lowest BCUT2D eigenvalue weighted by atomic mass is 10.2. The molecule has 1 heterocycles. The van der Waals surface area contributed by atoms with E-state index in [1.54, 1.807) is 24.1 Å². The minimum Gasteiger partial charge on any atom is -0.497 e. The molecule has 1 atom stereocenters. The molecule has 16 heavy (non-hydrogen) atoms. The van der Waals surface area contributed by atoms with E-state index in [9.17, 15) is 4.79 Å². The third-order valence-electron chi connectivity index (χ3n) is 2.58. The van der Waals surface area contributed by atoms with Crippen molar-refractivity contribution in [2.75, 3.05) is 25.2 Å². The molecule has 1 saturated heterocycles. The SMILES string of the molecule is COc1ccc(N2C(=O)OCC2CN)cc1. The van der Waals surface area contributed by atoms with Crippen LogP contribution in [0.5, 0.6) is 5.75 Å². The van der Waals surface area contributed by atoms with Gasteiger partial charge >= 0.3 is 6.09 Å². The summed E-state index contributed by atoms with van der Waals surface area (Å²) < 4.78 is 10.0. The van der Waals surface area contributed by atoms with Crippen molar-refractivity contribution in [1.29, 1.82) is 0 Å². The number of benzene rings is 1. The number of nitrogens with two attached hydrogens (primary N) is 1. The molecule has 2 rings (SSSR count). The molecule has 1 aromatic carbocycles. The number of carbonyl (C=O) groups excluding carboxylic acids is 1. The van der Waals surface area contributed by atoms with Crippen LogP contribution in [0.4, 0.5) is 10.5 Å². The summed E-state index contributed by atoms with van der Waals surface area (Å²) in [6, 6.07) is 7.14. The first-order valence-electron chi connectivity index (χ1n) is 5.06. The number of nitrogens with zero attached hydrogens (tertiary/aromatic N) is 1. The number of methoxy groups -OCH3 is 1. The molecule has 5 nitrogen and oxygen atoms in total. The first-order valence-corrected chi connectivity index (χ1v) is 5.06. The molecule has 0 spiro atoms. The fourth-order valence-electron chi connectivity index (χ4n) is 1.69. The second-order valence-electron chi connectivity index (χ2n) is 3.53. The Labute approximate surface area is 93.7 Å². The molecule has 0 aliphatic carbocycles. The number of amides is 1. The average Bonchev–Trinajstić information content (AvgIpc) is 2.70. The van der Waals surface area contributed by atoms with Gasteiger partial charge in [-0.15, -0.1) is 0 Å². The summed E-state index contributed by atoms with van der Waals surface area (Å²) in [4.78, 5) is 13.1. The number of anilines is 1. The van der Waals surface area contributed by atoms with E-state index >= 15 is 0 Å². The first-order chi connectivity index (χ1) is 7.76. The van der Waals surface area contributed by atoms with E-state index in [2.05, 4.69) is 0 Å². The highest BCUT2D eigenvalue weighted by Crippen LogP contribution is 2.24. The molecule has 5 heteroatoms. The smallest absolute Gasteiger partial charge is 0.414 e. The summed E-state index contributed by atoms with van der Waals surface area (Å²) in [5.74, 6) is 0.751. The van der Waals surface area contributed by atoms with Crippen LogP contribution in [0.15, 0.2) is 24.3 Å². The molecular weight excluding hydrogens is 208 g/mol. The summed E-state index contributed by atoms with van der Waals surface area (Å²) in [6.45, 7) is 0.735. The topological polar surface area (TPSA) is 64.8 Å². The highest BCUT2D eigenvalue weighted by molar-refractivity contribution is 5.90. The zero-order valence-electron chi connectivity index (χ0n) is 9.05. The molecule has 0 bridgehead atoms. The van der Waals surface area contributed by atoms with Gasteiger partial charge < -0.3 is 15.2 Å². The van der Waals surface area contributed by atoms with E-state index in [4.69, 9.17) is 15.2 Å². The molecule has 1 unspecified atom stereocenters. The van der Waals surface area contributed by atoms with Gasteiger partial charge in [0.2, 0.25) is 0 Å². The quantitative estimate of drug-likeness (QED) is 0.828. The second kappa shape index (κ2) is 4.40. The van der Waals surface area contributed by atoms with Crippen LogP contribution in [0.25, 0.3) is 0 Å². The van der Waals surface area contributed by atoms with Crippen LogP contribution in [0.3, 0.4) is 0 Å². The van der Waals surface area contributed by atoms with Crippen molar-refractivity contribution in [2.24, 2.45) is 5.73 Å². The van der Waals surface area contributed by atoms with Crippen molar-refractivity contribution in [1.82, 2.24) is 0 Å². The number of hydrogen-bond donors (Lipinski definition) is 1. The fourth-order valence-corrected chi connectivity index (χ4v) is 1.69. The Balaban J connectivity index is 2.24. The Hall–Kier alpha value is -1.75. The van der Waals surface area contributed by atoms with Crippen LogP contribution in [0.2, 0.25) is 0 Å². The largest absolute Gasteiger partial charge is 0.497 e. The van der Waals surface area contributed by atoms with Crippen LogP contribution < -0.4 is 15.4 Å². The lowest BCUT2D eigenvalue weighted by Gasteiger charge is -2.20. The van der Waals surface area contributed by atoms with Gasteiger partial charge in [0.15, 0.2) is 0 Å². The Morgan fingerprint density at radius 2 is 2.19 bits per heavy atom. The summed E-state index contributed by atoms with van der Waals surface area (Å²) in [6.07, 6.45) is -0.347. The monoisotopic (exact) mass is 222 g/mol. The second-order valence-corrected chi connectivity index (χ2v) is 3.53. The lowest BCUT2D eigenvalue weighted by molar-refractivity contribution is 0.179. The molecule has 1 amide bonds. The number of cyclic esters (lactones) is 1. The number of rotatable bonds is 3. The number of ether oxygens (including phenoxy) is 2. The minimum atomic E-state index is -0.347. The Bertz CT molecular complexity index is 377. The van der Waals surface area contributed by atoms with Crippen molar-refractivity contribution in [2.45, 2.75) is 6.04 Å². The summed E-state index contributed by atoms with van der Waals surface area (Å²) in [7, 11) is 1.60. The molecule has 86 valence electrons. The lowest BCUT2D eigenvalue weighted by Crippen LogP contribution is -2.38. The summed E-state index contributed by atoms with van der Waals surface area (Å²) in [5.41, 5.74) is 6.36. The van der Waals surface area contributed by atoms with E-state index in [-0.39, 0.29) is 12.1 Å². The highest BCUT2D eigenvalue weighted by Gasteiger charge is 2.32. The van der Waals surface area contributed by atoms with Gasteiger partial charge in [-0.05, 0) is 24.3 Å². The van der Waals surface area contributed by atoms with Gasteiger partial charge in [0.25, 0.3) is 0 Å². The van der Waals surface area contributed by atoms with Crippen LogP contribution in [0, 0.1) is 0 Å². The van der Waals surface area contributed by atoms with Crippen LogP contribution in [-0.4, -0.2) is 32.4 Å². The van der Waals surface area contributed by atoms with Crippen molar-refractivity contribution >= 4 is 11.8 Å². The minimum absolute atomic E-state index is 0.0825. The summed E-state index contributed by atoms with van der Waals surface area (Å²) in [5, 5.41) is 0. The van der Waals surface area contributed by atoms with Gasteiger partial charge in [-0.2, -0.15) is 0 Å². The molecule has 2 N–H and O–H groups in total. The van der Waals surface area contributed by atoms with Crippen LogP contribution in [-0.2, 0) is 4.74 Å². The third kappa shape index (κ3) is 1.81. The van der Waals surface area contributed by atoms with Gasteiger partial charge in [-0.3, -0.25) is 4.90 Å². The molecular formula is C11H14N2O3. The van der Waals surface area contributed by atoms with Crippen molar-refractivity contribution in [3.8, 4) is 5.75 Å². The maximum atomic E-state index is 11.5. The van der Waals surface area contributed by atoms with Gasteiger partial charge in [-0.1, -0.05) is 0 Å². The third-order valence-corrected chi connectivity index (χ3v) is 2.58. The fraction of sp³-hybridized carbons (Fsp3) is 0.364. The van der Waals surface area contributed by atoms with Crippen LogP contribution in [0.1, 0.15) is 0 Å². The molecule has 0 radical (unpaired) electrons. The van der Waals surface area contributed by atoms with E-state index in [0.29, 0.717) is 13.2 Å². The van der Waals surface area contributed by atoms with Crippen LogP contribution >= 0.6 is 0 Å². The molecule has 1 aliphatic heterocycles. The van der Waals surface area contributed by atoms with E-state index in [1.165, 1.54) is 0 Å². The molecule has 0 aromatic heterocycles. The highest BCUT2D eigenvalue weighted by atomic mass is 16.6. The van der Waals surface area contributed by atoms with E-state index in [0.717, 1.165) is 11.4 Å². The first kappa shape index (κ1) is 10.8. The van der Waals surface area contributed by atoms with Crippen molar-refractivity contribution in [3.05, 3.63) is 24.3 Å². The van der Waals surface area contributed by atoms with Crippen molar-refractivity contribution < 1.29 is 14.3 Å². The predicted molar refractivity (Wildman–Crippen MR) is 59.7 cm³/mol. The number of hydrogen-bond acceptors (Lipinski definition) is 4. The van der Waals surface area contributed by atoms with Gasteiger partial charge in [0.1, 0.15) is 12.4 Å². The van der Waals surface area contributed by atoms with E-state index < -0.39 is 0 Å². The zero-order chi connectivity index (χ0) is 11.5. The van der Waals surface area contributed by atoms with Crippen molar-refractivity contribution in [3.63, 3.8) is 0 Å². The average molecular weight is 222 g/mol. The van der Waals surface area contributed by atoms with E-state index in [1.807, 2.05) is 12.1 Å². The van der Waals surface area contributed by atoms with Gasteiger partial charge in [0.05, 0.1) is 13.2 Å². The van der Waals surface area contributed by atoms with Gasteiger partial charge in [-0.25, -0.2) is 4.79 Å². The Morgan fingerprint density at radius 1 is 1.50 bits per heavy atom. The normalized spacial score (nSPS) is 19.8. The molecule has 1 fully saturated rings. The molecule has 1 aliphatic rings.